The molecule has 3 fully saturated rings. The number of carbonyl (C=O) groups is 1. The minimum Gasteiger partial charge on any atom is -0.470 e. The van der Waals surface area contributed by atoms with Crippen LogP contribution >= 0.6 is 0 Å². The molecule has 12 heteroatoms. The largest absolute Gasteiger partial charge is 0.470 e. The van der Waals surface area contributed by atoms with Crippen LogP contribution in [0.25, 0.3) is 5.69 Å². The third kappa shape index (κ3) is 5.10. The van der Waals surface area contributed by atoms with E-state index in [-0.39, 0.29) is 24.1 Å². The molecule has 37 heavy (non-hydrogen) atoms. The van der Waals surface area contributed by atoms with Gasteiger partial charge in [-0.3, -0.25) is 9.69 Å². The standard InChI is InChI=1S/C25H28F2N8O2/c26-24(27)17-3-5-18(6-4-17)35-21(19(29-32-35)13-16-1-2-16)15-37-23-8-7-22(30-31-23)34-12-11-33-10-9-28-25(36)20(33)14-34/h3-8,16,20,24H,1-2,9-15H2,(H,28,36). The summed E-state index contributed by atoms with van der Waals surface area (Å²) < 4.78 is 33.6. The Morgan fingerprint density at radius 1 is 1.03 bits per heavy atom. The zero-order chi connectivity index (χ0) is 25.4. The van der Waals surface area contributed by atoms with Gasteiger partial charge in [0.15, 0.2) is 5.82 Å². The lowest BCUT2D eigenvalue weighted by atomic mass is 10.1. The van der Waals surface area contributed by atoms with Crippen LogP contribution in [0.5, 0.6) is 5.88 Å². The van der Waals surface area contributed by atoms with Gasteiger partial charge < -0.3 is 15.0 Å². The number of hydrogen-bond acceptors (Lipinski definition) is 8. The minimum atomic E-state index is -2.52. The van der Waals surface area contributed by atoms with Gasteiger partial charge in [0.25, 0.3) is 6.43 Å². The maximum Gasteiger partial charge on any atom is 0.263 e. The van der Waals surface area contributed by atoms with Gasteiger partial charge in [0, 0.05) is 44.4 Å². The van der Waals surface area contributed by atoms with E-state index < -0.39 is 6.43 Å². The quantitative estimate of drug-likeness (QED) is 0.492. The van der Waals surface area contributed by atoms with Gasteiger partial charge in [-0.05, 0) is 43.4 Å². The van der Waals surface area contributed by atoms with Crippen LogP contribution in [0, 0.1) is 5.92 Å². The number of halogens is 2. The summed E-state index contributed by atoms with van der Waals surface area (Å²) in [7, 11) is 0. The first-order valence-corrected chi connectivity index (χ1v) is 12.6. The molecule has 2 aromatic heterocycles. The van der Waals surface area contributed by atoms with E-state index in [1.54, 1.807) is 22.9 Å². The molecule has 1 saturated carbocycles. The molecule has 0 spiro atoms. The molecule has 3 aromatic rings. The van der Waals surface area contributed by atoms with E-state index in [0.29, 0.717) is 36.4 Å². The number of piperazine rings is 2. The molecular formula is C25H28F2N8O2. The fraction of sp³-hybridized carbons (Fsp3) is 0.480. The second kappa shape index (κ2) is 10.0. The zero-order valence-corrected chi connectivity index (χ0v) is 20.3. The summed E-state index contributed by atoms with van der Waals surface area (Å²) >= 11 is 0. The van der Waals surface area contributed by atoms with Gasteiger partial charge in [-0.25, -0.2) is 13.5 Å². The molecule has 0 bridgehead atoms. The highest BCUT2D eigenvalue weighted by molar-refractivity contribution is 5.83. The topological polar surface area (TPSA) is 101 Å². The molecule has 1 N–H and O–H groups in total. The number of ether oxygens (including phenoxy) is 1. The van der Waals surface area contributed by atoms with Gasteiger partial charge in [0.05, 0.1) is 11.4 Å². The number of alkyl halides is 2. The lowest BCUT2D eigenvalue weighted by molar-refractivity contribution is -0.129. The highest BCUT2D eigenvalue weighted by atomic mass is 19.3. The first-order chi connectivity index (χ1) is 18.0. The van der Waals surface area contributed by atoms with Gasteiger partial charge >= 0.3 is 0 Å². The van der Waals surface area contributed by atoms with Gasteiger partial charge in [-0.2, -0.15) is 0 Å². The Morgan fingerprint density at radius 3 is 2.59 bits per heavy atom. The number of carbonyl (C=O) groups excluding carboxylic acids is 1. The number of benzene rings is 1. The number of nitrogens with zero attached hydrogens (tertiary/aromatic N) is 7. The van der Waals surface area contributed by atoms with E-state index in [0.717, 1.165) is 37.4 Å². The van der Waals surface area contributed by atoms with Gasteiger partial charge in [-0.15, -0.1) is 15.3 Å². The molecule has 1 atom stereocenters. The number of amides is 1. The van der Waals surface area contributed by atoms with Crippen LogP contribution < -0.4 is 15.0 Å². The van der Waals surface area contributed by atoms with Crippen molar-refractivity contribution in [3.05, 3.63) is 53.3 Å². The van der Waals surface area contributed by atoms with Crippen LogP contribution in [-0.4, -0.2) is 74.8 Å². The molecule has 194 valence electrons. The number of fused-ring (bicyclic) bond motifs is 1. The lowest BCUT2D eigenvalue weighted by Crippen LogP contribution is -2.64. The summed E-state index contributed by atoms with van der Waals surface area (Å²) in [5.41, 5.74) is 2.21. The van der Waals surface area contributed by atoms with Crippen LogP contribution in [-0.2, 0) is 17.8 Å². The van der Waals surface area contributed by atoms with Gasteiger partial charge in [0.1, 0.15) is 18.3 Å². The van der Waals surface area contributed by atoms with E-state index in [9.17, 15) is 13.6 Å². The first-order valence-electron chi connectivity index (χ1n) is 12.6. The van der Waals surface area contributed by atoms with Crippen LogP contribution in [0.2, 0.25) is 0 Å². The third-order valence-corrected chi connectivity index (χ3v) is 7.21. The molecule has 1 amide bonds. The summed E-state index contributed by atoms with van der Waals surface area (Å²) in [6.07, 6.45) is 0.613. The normalized spacial score (nSPS) is 20.1. The molecule has 4 heterocycles. The predicted molar refractivity (Wildman–Crippen MR) is 130 cm³/mol. The molecule has 1 aliphatic carbocycles. The number of aromatic nitrogens is 5. The SMILES string of the molecule is O=C1NCCN2CCN(c3ccc(OCc4c(CC5CC5)nnn4-c4ccc(C(F)F)cc4)nn3)CC12. The Hall–Kier alpha value is -3.67. The smallest absolute Gasteiger partial charge is 0.263 e. The summed E-state index contributed by atoms with van der Waals surface area (Å²) in [4.78, 5) is 16.5. The average Bonchev–Trinajstić information content (AvgIpc) is 3.66. The van der Waals surface area contributed by atoms with Crippen molar-refractivity contribution < 1.29 is 18.3 Å². The molecule has 1 unspecified atom stereocenters. The fourth-order valence-electron chi connectivity index (χ4n) is 4.89. The average molecular weight is 511 g/mol. The van der Waals surface area contributed by atoms with Crippen LogP contribution in [0.4, 0.5) is 14.6 Å². The lowest BCUT2D eigenvalue weighted by Gasteiger charge is -2.43. The molecule has 10 nitrogen and oxygen atoms in total. The molecule has 1 aromatic carbocycles. The Morgan fingerprint density at radius 2 is 1.86 bits per heavy atom. The Kier molecular flexibility index (Phi) is 6.41. The number of nitrogens with one attached hydrogen (secondary N) is 1. The van der Waals surface area contributed by atoms with Crippen molar-refractivity contribution in [2.75, 3.05) is 37.6 Å². The number of hydrogen-bond donors (Lipinski definition) is 1. The molecule has 2 saturated heterocycles. The number of rotatable bonds is 8. The van der Waals surface area contributed by atoms with E-state index >= 15 is 0 Å². The van der Waals surface area contributed by atoms with Gasteiger partial charge in [0.2, 0.25) is 11.8 Å². The van der Waals surface area contributed by atoms with Crippen molar-refractivity contribution in [2.45, 2.75) is 38.3 Å². The summed E-state index contributed by atoms with van der Waals surface area (Å²) in [6, 6.07) is 9.46. The van der Waals surface area contributed by atoms with Crippen molar-refractivity contribution in [2.24, 2.45) is 5.92 Å². The van der Waals surface area contributed by atoms with Crippen molar-refractivity contribution in [1.82, 2.24) is 35.4 Å². The van der Waals surface area contributed by atoms with E-state index in [2.05, 4.69) is 35.6 Å². The van der Waals surface area contributed by atoms with Crippen LogP contribution in [0.3, 0.4) is 0 Å². The molecule has 6 rings (SSSR count). The second-order valence-corrected chi connectivity index (χ2v) is 9.74. The Balaban J connectivity index is 1.15. The summed E-state index contributed by atoms with van der Waals surface area (Å²) in [5.74, 6) is 1.71. The maximum atomic E-state index is 13.0. The summed E-state index contributed by atoms with van der Waals surface area (Å²) in [5, 5.41) is 20.2. The monoisotopic (exact) mass is 510 g/mol. The van der Waals surface area contributed by atoms with Crippen LogP contribution in [0.1, 0.15) is 36.2 Å². The Bertz CT molecular complexity index is 1250. The van der Waals surface area contributed by atoms with Crippen LogP contribution in [0.15, 0.2) is 36.4 Å². The predicted octanol–water partition coefficient (Wildman–Crippen LogP) is 2.15. The molecular weight excluding hydrogens is 482 g/mol. The van der Waals surface area contributed by atoms with E-state index in [4.69, 9.17) is 4.74 Å². The molecule has 2 aliphatic heterocycles. The van der Waals surface area contributed by atoms with Gasteiger partial charge in [-0.1, -0.05) is 17.3 Å². The van der Waals surface area contributed by atoms with Crippen molar-refractivity contribution >= 4 is 11.7 Å². The van der Waals surface area contributed by atoms with E-state index in [1.807, 2.05) is 6.07 Å². The third-order valence-electron chi connectivity index (χ3n) is 7.21. The Labute approximate surface area is 212 Å². The molecule has 0 radical (unpaired) electrons. The fourth-order valence-corrected chi connectivity index (χ4v) is 4.89. The maximum absolute atomic E-state index is 13.0. The minimum absolute atomic E-state index is 0.0410. The van der Waals surface area contributed by atoms with Crippen molar-refractivity contribution in [1.29, 1.82) is 0 Å². The highest BCUT2D eigenvalue weighted by Crippen LogP contribution is 2.33. The highest BCUT2D eigenvalue weighted by Gasteiger charge is 2.35. The van der Waals surface area contributed by atoms with E-state index in [1.165, 1.54) is 25.0 Å². The summed E-state index contributed by atoms with van der Waals surface area (Å²) in [6.45, 7) is 3.88. The van der Waals surface area contributed by atoms with Crippen molar-refractivity contribution in [3.63, 3.8) is 0 Å². The first kappa shape index (κ1) is 23.7. The zero-order valence-electron chi connectivity index (χ0n) is 20.3. The molecule has 3 aliphatic rings. The number of anilines is 1. The van der Waals surface area contributed by atoms with Crippen molar-refractivity contribution in [3.8, 4) is 11.6 Å². The second-order valence-electron chi connectivity index (χ2n) is 9.74.